The summed E-state index contributed by atoms with van der Waals surface area (Å²) in [5.41, 5.74) is 3.57. The number of hydrogen-bond acceptors (Lipinski definition) is 3. The second kappa shape index (κ2) is 4.62. The lowest BCUT2D eigenvalue weighted by molar-refractivity contribution is -0.117. The maximum Gasteiger partial charge on any atom is 0.231 e. The van der Waals surface area contributed by atoms with Crippen molar-refractivity contribution in [3.8, 4) is 0 Å². The summed E-state index contributed by atoms with van der Waals surface area (Å²) in [5, 5.41) is 3.34. The van der Waals surface area contributed by atoms with Gasteiger partial charge in [0.15, 0.2) is 0 Å². The van der Waals surface area contributed by atoms with Gasteiger partial charge >= 0.3 is 0 Å². The molecular weight excluding hydrogens is 238 g/mol. The van der Waals surface area contributed by atoms with E-state index in [1.54, 1.807) is 4.90 Å². The minimum atomic E-state index is 0.193. The van der Waals surface area contributed by atoms with E-state index in [4.69, 9.17) is 0 Å². The first-order valence-corrected chi connectivity index (χ1v) is 6.84. The third kappa shape index (κ3) is 2.05. The smallest absolute Gasteiger partial charge is 0.231 e. The number of carbonyl (C=O) groups is 1. The Hall–Kier alpha value is -1.39. The first-order valence-electron chi connectivity index (χ1n) is 6.84. The zero-order valence-electron chi connectivity index (χ0n) is 11.8. The molecule has 0 bridgehead atoms. The highest BCUT2D eigenvalue weighted by atomic mass is 16.2. The average molecular weight is 259 g/mol. The standard InChI is InChI=1S/C15H21N3O/c1-17(2)15(12-8-16-9-12)10-4-5-13-11(6-10)7-14(19)18(13)3/h4-6,12,15-16H,7-9H2,1-3H3. The van der Waals surface area contributed by atoms with Gasteiger partial charge in [-0.1, -0.05) is 12.1 Å². The number of benzene rings is 1. The van der Waals surface area contributed by atoms with Crippen LogP contribution in [0.4, 0.5) is 5.69 Å². The van der Waals surface area contributed by atoms with E-state index in [0.717, 1.165) is 18.8 Å². The third-order valence-electron chi connectivity index (χ3n) is 4.34. The van der Waals surface area contributed by atoms with Crippen molar-refractivity contribution in [3.63, 3.8) is 0 Å². The number of hydrogen-bond donors (Lipinski definition) is 1. The zero-order valence-corrected chi connectivity index (χ0v) is 11.8. The van der Waals surface area contributed by atoms with E-state index in [2.05, 4.69) is 42.5 Å². The van der Waals surface area contributed by atoms with Crippen LogP contribution in [0.2, 0.25) is 0 Å². The normalized spacial score (nSPS) is 20.6. The van der Waals surface area contributed by atoms with Crippen LogP contribution in [-0.4, -0.2) is 45.0 Å². The van der Waals surface area contributed by atoms with Gasteiger partial charge in [0, 0.05) is 37.8 Å². The summed E-state index contributed by atoms with van der Waals surface area (Å²) in [6.45, 7) is 2.16. The van der Waals surface area contributed by atoms with E-state index in [-0.39, 0.29) is 5.91 Å². The van der Waals surface area contributed by atoms with Crippen LogP contribution in [0.1, 0.15) is 17.2 Å². The number of amides is 1. The number of likely N-dealkylation sites (N-methyl/N-ethyl adjacent to an activating group) is 1. The van der Waals surface area contributed by atoms with Crippen LogP contribution in [-0.2, 0) is 11.2 Å². The lowest BCUT2D eigenvalue weighted by Crippen LogP contribution is -2.48. The molecule has 3 rings (SSSR count). The zero-order chi connectivity index (χ0) is 13.6. The molecule has 4 nitrogen and oxygen atoms in total. The number of carbonyl (C=O) groups excluding carboxylic acids is 1. The van der Waals surface area contributed by atoms with Gasteiger partial charge in [0.2, 0.25) is 5.91 Å². The van der Waals surface area contributed by atoms with Gasteiger partial charge in [0.1, 0.15) is 0 Å². The molecular formula is C15H21N3O. The van der Waals surface area contributed by atoms with Crippen molar-refractivity contribution in [1.29, 1.82) is 0 Å². The minimum Gasteiger partial charge on any atom is -0.316 e. The summed E-state index contributed by atoms with van der Waals surface area (Å²) in [6.07, 6.45) is 0.544. The fourth-order valence-corrected chi connectivity index (χ4v) is 3.20. The molecule has 2 aliphatic heterocycles. The molecule has 0 spiro atoms. The number of anilines is 1. The lowest BCUT2D eigenvalue weighted by atomic mass is 9.87. The van der Waals surface area contributed by atoms with Gasteiger partial charge in [-0.05, 0) is 31.3 Å². The van der Waals surface area contributed by atoms with Gasteiger partial charge in [-0.15, -0.1) is 0 Å². The number of nitrogens with zero attached hydrogens (tertiary/aromatic N) is 2. The molecule has 1 aromatic carbocycles. The largest absolute Gasteiger partial charge is 0.316 e. The van der Waals surface area contributed by atoms with Gasteiger partial charge in [-0.25, -0.2) is 0 Å². The Kier molecular flexibility index (Phi) is 3.07. The van der Waals surface area contributed by atoms with Crippen LogP contribution in [0.25, 0.3) is 0 Å². The average Bonchev–Trinajstić information content (AvgIpc) is 2.58. The van der Waals surface area contributed by atoms with Crippen molar-refractivity contribution >= 4 is 11.6 Å². The number of rotatable bonds is 3. The maximum atomic E-state index is 11.8. The molecule has 2 aliphatic rings. The van der Waals surface area contributed by atoms with Crippen molar-refractivity contribution in [2.24, 2.45) is 5.92 Å². The van der Waals surface area contributed by atoms with Gasteiger partial charge < -0.3 is 15.1 Å². The van der Waals surface area contributed by atoms with Crippen molar-refractivity contribution in [2.45, 2.75) is 12.5 Å². The second-order valence-corrected chi connectivity index (χ2v) is 5.84. The second-order valence-electron chi connectivity index (χ2n) is 5.84. The molecule has 0 aromatic heterocycles. The van der Waals surface area contributed by atoms with Crippen LogP contribution in [0.3, 0.4) is 0 Å². The van der Waals surface area contributed by atoms with Crippen molar-refractivity contribution in [2.75, 3.05) is 39.1 Å². The molecule has 102 valence electrons. The summed E-state index contributed by atoms with van der Waals surface area (Å²) < 4.78 is 0. The lowest BCUT2D eigenvalue weighted by Gasteiger charge is -2.39. The predicted octanol–water partition coefficient (Wildman–Crippen LogP) is 1.03. The Morgan fingerprint density at radius 3 is 2.68 bits per heavy atom. The molecule has 1 fully saturated rings. The molecule has 1 atom stereocenters. The molecule has 19 heavy (non-hydrogen) atoms. The van der Waals surface area contributed by atoms with E-state index in [9.17, 15) is 4.79 Å². The fourth-order valence-electron chi connectivity index (χ4n) is 3.20. The molecule has 1 unspecified atom stereocenters. The first kappa shape index (κ1) is 12.6. The highest BCUT2D eigenvalue weighted by Crippen LogP contribution is 2.34. The van der Waals surface area contributed by atoms with Crippen molar-refractivity contribution in [3.05, 3.63) is 29.3 Å². The van der Waals surface area contributed by atoms with Crippen LogP contribution < -0.4 is 10.2 Å². The van der Waals surface area contributed by atoms with Crippen LogP contribution in [0.5, 0.6) is 0 Å². The van der Waals surface area contributed by atoms with E-state index < -0.39 is 0 Å². The summed E-state index contributed by atoms with van der Waals surface area (Å²) in [6, 6.07) is 6.93. The highest BCUT2D eigenvalue weighted by molar-refractivity contribution is 6.00. The SMILES string of the molecule is CN1C(=O)Cc2cc(C(C3CNC3)N(C)C)ccc21. The van der Waals surface area contributed by atoms with E-state index in [1.807, 2.05) is 7.05 Å². The molecule has 1 saturated heterocycles. The quantitative estimate of drug-likeness (QED) is 0.880. The fraction of sp³-hybridized carbons (Fsp3) is 0.533. The first-order chi connectivity index (χ1) is 9.08. The van der Waals surface area contributed by atoms with Crippen molar-refractivity contribution in [1.82, 2.24) is 10.2 Å². The molecule has 0 radical (unpaired) electrons. The maximum absolute atomic E-state index is 11.8. The Labute approximate surface area is 114 Å². The molecule has 1 amide bonds. The van der Waals surface area contributed by atoms with E-state index in [0.29, 0.717) is 18.4 Å². The van der Waals surface area contributed by atoms with Gasteiger partial charge in [0.05, 0.1) is 6.42 Å². The molecule has 0 aliphatic carbocycles. The van der Waals surface area contributed by atoms with Crippen LogP contribution >= 0.6 is 0 Å². The summed E-state index contributed by atoms with van der Waals surface area (Å²) in [5.74, 6) is 0.863. The summed E-state index contributed by atoms with van der Waals surface area (Å²) >= 11 is 0. The Balaban J connectivity index is 1.93. The topological polar surface area (TPSA) is 35.6 Å². The third-order valence-corrected chi connectivity index (χ3v) is 4.34. The van der Waals surface area contributed by atoms with Crippen molar-refractivity contribution < 1.29 is 4.79 Å². The van der Waals surface area contributed by atoms with E-state index in [1.165, 1.54) is 11.1 Å². The Bertz CT molecular complexity index is 508. The Morgan fingerprint density at radius 2 is 2.11 bits per heavy atom. The number of nitrogens with one attached hydrogen (secondary N) is 1. The molecule has 1 N–H and O–H groups in total. The molecule has 4 heteroatoms. The van der Waals surface area contributed by atoms with Crippen LogP contribution in [0.15, 0.2) is 18.2 Å². The van der Waals surface area contributed by atoms with Gasteiger partial charge in [-0.3, -0.25) is 4.79 Å². The van der Waals surface area contributed by atoms with E-state index >= 15 is 0 Å². The molecule has 2 heterocycles. The number of fused-ring (bicyclic) bond motifs is 1. The highest BCUT2D eigenvalue weighted by Gasteiger charge is 2.31. The van der Waals surface area contributed by atoms with Crippen LogP contribution in [0, 0.1) is 5.92 Å². The summed E-state index contributed by atoms with van der Waals surface area (Å²) in [7, 11) is 6.12. The predicted molar refractivity (Wildman–Crippen MR) is 76.3 cm³/mol. The minimum absolute atomic E-state index is 0.193. The molecule has 0 saturated carbocycles. The van der Waals surface area contributed by atoms with Gasteiger partial charge in [0.25, 0.3) is 0 Å². The Morgan fingerprint density at radius 1 is 1.37 bits per heavy atom. The molecule has 1 aromatic rings. The van der Waals surface area contributed by atoms with Gasteiger partial charge in [-0.2, -0.15) is 0 Å². The summed E-state index contributed by atoms with van der Waals surface area (Å²) in [4.78, 5) is 15.8. The monoisotopic (exact) mass is 259 g/mol.